The largest absolute Gasteiger partial charge is 0.444 e. The summed E-state index contributed by atoms with van der Waals surface area (Å²) in [4.78, 5) is 22.9. The summed E-state index contributed by atoms with van der Waals surface area (Å²) in [5, 5.41) is 14.8. The van der Waals surface area contributed by atoms with Crippen molar-refractivity contribution in [3.05, 3.63) is 58.2 Å². The van der Waals surface area contributed by atoms with Gasteiger partial charge in [-0.2, -0.15) is 0 Å². The van der Waals surface area contributed by atoms with Gasteiger partial charge >= 0.3 is 6.09 Å². The lowest BCUT2D eigenvalue weighted by molar-refractivity contribution is -0.103. The van der Waals surface area contributed by atoms with Crippen molar-refractivity contribution in [2.24, 2.45) is 0 Å². The normalized spacial score (nSPS) is 17.7. The number of amides is 1. The van der Waals surface area contributed by atoms with E-state index in [4.69, 9.17) is 9.72 Å². The van der Waals surface area contributed by atoms with Crippen molar-refractivity contribution in [1.82, 2.24) is 19.3 Å². The minimum Gasteiger partial charge on any atom is -0.444 e. The number of carbonyl (C=O) groups excluding carboxylic acids is 1. The summed E-state index contributed by atoms with van der Waals surface area (Å²) in [5.41, 5.74) is 2.79. The number of pyridine rings is 2. The number of rotatable bonds is 5. The zero-order chi connectivity index (χ0) is 23.4. The average Bonchev–Trinajstić information content (AvgIpc) is 3.47. The first-order chi connectivity index (χ1) is 15.6. The first-order valence-corrected chi connectivity index (χ1v) is 12.0. The van der Waals surface area contributed by atoms with Gasteiger partial charge in [0.2, 0.25) is 0 Å². The third-order valence-electron chi connectivity index (χ3n) is 5.93. The number of anilines is 1. The van der Waals surface area contributed by atoms with Crippen LogP contribution in [-0.4, -0.2) is 49.2 Å². The lowest BCUT2D eigenvalue weighted by Crippen LogP contribution is -2.62. The second kappa shape index (κ2) is 7.99. The molecule has 1 amide bonds. The quantitative estimate of drug-likeness (QED) is 0.490. The first kappa shape index (κ1) is 22.2. The summed E-state index contributed by atoms with van der Waals surface area (Å²) in [6.07, 6.45) is 7.77. The van der Waals surface area contributed by atoms with Gasteiger partial charge in [0.25, 0.3) is 0 Å². The molecule has 0 spiro atoms. The molecule has 2 fully saturated rings. The van der Waals surface area contributed by atoms with E-state index in [1.54, 1.807) is 6.20 Å². The Hall–Kier alpha value is -2.65. The number of carbonyl (C=O) groups is 1. The van der Waals surface area contributed by atoms with Crippen LogP contribution in [0.2, 0.25) is 0 Å². The molecular formula is C24H28BrN5O3. The predicted molar refractivity (Wildman–Crippen MR) is 128 cm³/mol. The Bertz CT molecular complexity index is 1210. The van der Waals surface area contributed by atoms with Gasteiger partial charge in [-0.25, -0.2) is 14.8 Å². The number of aromatic nitrogens is 3. The van der Waals surface area contributed by atoms with Crippen molar-refractivity contribution in [3.8, 4) is 0 Å². The van der Waals surface area contributed by atoms with Crippen molar-refractivity contribution in [2.45, 2.75) is 57.3 Å². The summed E-state index contributed by atoms with van der Waals surface area (Å²) < 4.78 is 8.23. The van der Waals surface area contributed by atoms with E-state index in [1.165, 1.54) is 10.5 Å². The SMILES string of the molecule is CC(C)(C)OC(=O)N1CC(O)(c2cc(C3CC3)cn3cc(CNc4ccnc(Br)c4)nc23)C1. The van der Waals surface area contributed by atoms with Gasteiger partial charge in [0.15, 0.2) is 0 Å². The number of nitrogens with one attached hydrogen (secondary N) is 1. The highest BCUT2D eigenvalue weighted by Gasteiger charge is 2.48. The number of nitrogens with zero attached hydrogens (tertiary/aromatic N) is 4. The molecule has 1 aliphatic heterocycles. The summed E-state index contributed by atoms with van der Waals surface area (Å²) in [5.74, 6) is 0.525. The summed E-state index contributed by atoms with van der Waals surface area (Å²) in [7, 11) is 0. The van der Waals surface area contributed by atoms with Crippen molar-refractivity contribution < 1.29 is 14.6 Å². The molecule has 0 radical (unpaired) electrons. The van der Waals surface area contributed by atoms with E-state index < -0.39 is 17.3 Å². The van der Waals surface area contributed by atoms with Gasteiger partial charge in [-0.05, 0) is 79.2 Å². The molecule has 5 rings (SSSR count). The lowest BCUT2D eigenvalue weighted by atomic mass is 9.86. The molecule has 0 aromatic carbocycles. The molecule has 1 saturated carbocycles. The fourth-order valence-corrected chi connectivity index (χ4v) is 4.52. The van der Waals surface area contributed by atoms with E-state index in [0.717, 1.165) is 40.0 Å². The predicted octanol–water partition coefficient (Wildman–Crippen LogP) is 4.42. The van der Waals surface area contributed by atoms with Crippen LogP contribution < -0.4 is 5.32 Å². The van der Waals surface area contributed by atoms with Gasteiger partial charge in [0.05, 0.1) is 25.3 Å². The maximum atomic E-state index is 12.4. The molecule has 1 saturated heterocycles. The van der Waals surface area contributed by atoms with Gasteiger partial charge < -0.3 is 24.5 Å². The Morgan fingerprint density at radius 1 is 1.30 bits per heavy atom. The van der Waals surface area contributed by atoms with Crippen LogP contribution in [0.15, 0.2) is 41.4 Å². The monoisotopic (exact) mass is 513 g/mol. The number of fused-ring (bicyclic) bond motifs is 1. The Labute approximate surface area is 201 Å². The zero-order valence-corrected chi connectivity index (χ0v) is 20.6. The number of likely N-dealkylation sites (tertiary alicyclic amines) is 1. The number of ether oxygens (including phenoxy) is 1. The molecular weight excluding hydrogens is 486 g/mol. The van der Waals surface area contributed by atoms with E-state index >= 15 is 0 Å². The highest BCUT2D eigenvalue weighted by Crippen LogP contribution is 2.43. The number of halogens is 1. The van der Waals surface area contributed by atoms with Crippen LogP contribution in [0.3, 0.4) is 0 Å². The molecule has 0 bridgehead atoms. The Morgan fingerprint density at radius 2 is 2.06 bits per heavy atom. The second-order valence-corrected chi connectivity index (χ2v) is 10.8. The molecule has 3 aromatic rings. The lowest BCUT2D eigenvalue weighted by Gasteiger charge is -2.46. The molecule has 3 aromatic heterocycles. The van der Waals surface area contributed by atoms with Gasteiger partial charge in [-0.1, -0.05) is 0 Å². The first-order valence-electron chi connectivity index (χ1n) is 11.2. The average molecular weight is 514 g/mol. The molecule has 0 unspecified atom stereocenters. The van der Waals surface area contributed by atoms with Crippen LogP contribution in [0.5, 0.6) is 0 Å². The van der Waals surface area contributed by atoms with Crippen LogP contribution in [-0.2, 0) is 16.9 Å². The molecule has 8 nitrogen and oxygen atoms in total. The molecule has 9 heteroatoms. The molecule has 1 aliphatic carbocycles. The van der Waals surface area contributed by atoms with Crippen LogP contribution in [0.1, 0.15) is 56.4 Å². The minimum atomic E-state index is -1.14. The van der Waals surface area contributed by atoms with Crippen molar-refractivity contribution in [3.63, 3.8) is 0 Å². The number of hydrogen-bond donors (Lipinski definition) is 2. The minimum absolute atomic E-state index is 0.192. The summed E-state index contributed by atoms with van der Waals surface area (Å²) in [6.45, 7) is 6.44. The number of imidazole rings is 1. The van der Waals surface area contributed by atoms with E-state index in [-0.39, 0.29) is 13.1 Å². The molecule has 2 N–H and O–H groups in total. The van der Waals surface area contributed by atoms with E-state index in [9.17, 15) is 9.90 Å². The summed E-state index contributed by atoms with van der Waals surface area (Å²) in [6, 6.07) is 5.89. The van der Waals surface area contributed by atoms with Crippen LogP contribution in [0.4, 0.5) is 10.5 Å². The number of hydrogen-bond acceptors (Lipinski definition) is 6. The third-order valence-corrected chi connectivity index (χ3v) is 6.36. The molecule has 2 aliphatic rings. The standard InChI is InChI=1S/C24H28BrN5O3/c1-23(2,3)33-22(31)30-13-24(32,14-30)19-8-16(15-4-5-15)11-29-12-18(28-21(19)29)10-27-17-6-7-26-20(25)9-17/h6-9,11-12,15,32H,4-5,10,13-14H2,1-3H3,(H,26,27). The molecule has 33 heavy (non-hydrogen) atoms. The smallest absolute Gasteiger partial charge is 0.410 e. The van der Waals surface area contributed by atoms with Gasteiger partial charge in [0, 0.05) is 29.8 Å². The summed E-state index contributed by atoms with van der Waals surface area (Å²) >= 11 is 3.38. The van der Waals surface area contributed by atoms with E-state index in [2.05, 4.69) is 38.5 Å². The maximum Gasteiger partial charge on any atom is 0.410 e. The van der Waals surface area contributed by atoms with E-state index in [1.807, 2.05) is 43.5 Å². The van der Waals surface area contributed by atoms with Gasteiger partial charge in [-0.15, -0.1) is 0 Å². The number of β-amino-alcohol motifs (C(OH)–C–C–N with tert-alkyl or cyclic N) is 1. The van der Waals surface area contributed by atoms with Crippen molar-refractivity contribution in [2.75, 3.05) is 18.4 Å². The van der Waals surface area contributed by atoms with Gasteiger partial charge in [0.1, 0.15) is 21.5 Å². The Kier molecular flexibility index (Phi) is 5.36. The molecule has 174 valence electrons. The van der Waals surface area contributed by atoms with Crippen LogP contribution in [0, 0.1) is 0 Å². The number of aliphatic hydroxyl groups is 1. The molecule has 4 heterocycles. The fourth-order valence-electron chi connectivity index (χ4n) is 4.15. The van der Waals surface area contributed by atoms with E-state index in [0.29, 0.717) is 12.5 Å². The topological polar surface area (TPSA) is 92.0 Å². The van der Waals surface area contributed by atoms with Crippen molar-refractivity contribution in [1.29, 1.82) is 0 Å². The highest BCUT2D eigenvalue weighted by molar-refractivity contribution is 9.10. The third kappa shape index (κ3) is 4.70. The fraction of sp³-hybridized carbons (Fsp3) is 0.458. The Morgan fingerprint density at radius 3 is 2.73 bits per heavy atom. The van der Waals surface area contributed by atoms with Crippen LogP contribution in [0.25, 0.3) is 5.65 Å². The molecule has 0 atom stereocenters. The van der Waals surface area contributed by atoms with Gasteiger partial charge in [-0.3, -0.25) is 0 Å². The second-order valence-electron chi connectivity index (χ2n) is 10.0. The van der Waals surface area contributed by atoms with Crippen LogP contribution >= 0.6 is 15.9 Å². The highest BCUT2D eigenvalue weighted by atomic mass is 79.9. The zero-order valence-electron chi connectivity index (χ0n) is 19.0. The van der Waals surface area contributed by atoms with Crippen molar-refractivity contribution >= 4 is 33.4 Å². The maximum absolute atomic E-state index is 12.4. The Balaban J connectivity index is 1.40.